The number of hydrogen-bond donors (Lipinski definition) is 1. The van der Waals surface area contributed by atoms with Gasteiger partial charge in [0.05, 0.1) is 5.56 Å². The Morgan fingerprint density at radius 2 is 1.83 bits per heavy atom. The van der Waals surface area contributed by atoms with Crippen molar-refractivity contribution in [3.63, 3.8) is 0 Å². The van der Waals surface area contributed by atoms with Crippen LogP contribution in [0, 0.1) is 0 Å². The highest BCUT2D eigenvalue weighted by molar-refractivity contribution is 5.85. The van der Waals surface area contributed by atoms with Crippen molar-refractivity contribution in [1.29, 1.82) is 0 Å². The molecular weight excluding hydrogens is 309 g/mol. The van der Waals surface area contributed by atoms with Gasteiger partial charge >= 0.3 is 12.1 Å². The molecule has 0 aliphatic carbocycles. The van der Waals surface area contributed by atoms with Crippen LogP contribution in [0.3, 0.4) is 0 Å². The zero-order valence-electron chi connectivity index (χ0n) is 11.9. The minimum Gasteiger partial charge on any atom is -0.489 e. The van der Waals surface area contributed by atoms with Gasteiger partial charge in [-0.1, -0.05) is 24.3 Å². The van der Waals surface area contributed by atoms with Crippen molar-refractivity contribution in [2.45, 2.75) is 12.8 Å². The molecule has 0 aromatic heterocycles. The molecule has 0 spiro atoms. The van der Waals surface area contributed by atoms with Crippen LogP contribution in [-0.4, -0.2) is 11.1 Å². The van der Waals surface area contributed by atoms with E-state index in [0.717, 1.165) is 18.2 Å². The van der Waals surface area contributed by atoms with E-state index >= 15 is 0 Å². The molecule has 0 bridgehead atoms. The molecule has 0 heterocycles. The SMILES string of the molecule is O=C(O)C=Cc1cccc(OCc2ccc(C(F)(F)F)cc2)c1. The number of halogens is 3. The van der Waals surface area contributed by atoms with Gasteiger partial charge in [-0.3, -0.25) is 0 Å². The summed E-state index contributed by atoms with van der Waals surface area (Å²) >= 11 is 0. The summed E-state index contributed by atoms with van der Waals surface area (Å²) < 4.78 is 42.9. The number of rotatable bonds is 5. The molecule has 6 heteroatoms. The molecule has 2 aromatic carbocycles. The maximum Gasteiger partial charge on any atom is 0.416 e. The molecule has 0 unspecified atom stereocenters. The Bertz CT molecular complexity index is 704. The second kappa shape index (κ2) is 7.00. The fourth-order valence-electron chi connectivity index (χ4n) is 1.83. The van der Waals surface area contributed by atoms with E-state index in [4.69, 9.17) is 9.84 Å². The molecule has 0 radical (unpaired) electrons. The maximum absolute atomic E-state index is 12.5. The second-order valence-corrected chi connectivity index (χ2v) is 4.73. The Morgan fingerprint density at radius 1 is 1.13 bits per heavy atom. The summed E-state index contributed by atoms with van der Waals surface area (Å²) in [5.74, 6) is -0.557. The van der Waals surface area contributed by atoms with Gasteiger partial charge in [0.1, 0.15) is 12.4 Å². The van der Waals surface area contributed by atoms with Crippen molar-refractivity contribution in [3.8, 4) is 5.75 Å². The van der Waals surface area contributed by atoms with Crippen LogP contribution in [0.25, 0.3) is 6.08 Å². The number of ether oxygens (including phenoxy) is 1. The Balaban J connectivity index is 2.01. The standard InChI is InChI=1S/C17H13F3O3/c18-17(19,20)14-7-4-13(5-8-14)11-23-15-3-1-2-12(10-15)6-9-16(21)22/h1-10H,11H2,(H,21,22). The minimum absolute atomic E-state index is 0.115. The third-order valence-electron chi connectivity index (χ3n) is 2.96. The van der Waals surface area contributed by atoms with Crippen LogP contribution in [0.1, 0.15) is 16.7 Å². The summed E-state index contributed by atoms with van der Waals surface area (Å²) in [7, 11) is 0. The van der Waals surface area contributed by atoms with E-state index in [1.165, 1.54) is 18.2 Å². The van der Waals surface area contributed by atoms with Crippen LogP contribution in [-0.2, 0) is 17.6 Å². The van der Waals surface area contributed by atoms with E-state index in [-0.39, 0.29) is 6.61 Å². The lowest BCUT2D eigenvalue weighted by Crippen LogP contribution is -2.05. The van der Waals surface area contributed by atoms with E-state index in [0.29, 0.717) is 16.9 Å². The van der Waals surface area contributed by atoms with E-state index in [1.54, 1.807) is 24.3 Å². The van der Waals surface area contributed by atoms with Crippen LogP contribution in [0.2, 0.25) is 0 Å². The van der Waals surface area contributed by atoms with Gasteiger partial charge in [-0.05, 0) is 41.5 Å². The van der Waals surface area contributed by atoms with Crippen molar-refractivity contribution in [2.24, 2.45) is 0 Å². The van der Waals surface area contributed by atoms with Crippen molar-refractivity contribution in [1.82, 2.24) is 0 Å². The molecule has 2 rings (SSSR count). The van der Waals surface area contributed by atoms with E-state index in [2.05, 4.69) is 0 Å². The largest absolute Gasteiger partial charge is 0.489 e. The van der Waals surface area contributed by atoms with E-state index in [9.17, 15) is 18.0 Å². The highest BCUT2D eigenvalue weighted by atomic mass is 19.4. The number of carbonyl (C=O) groups is 1. The molecule has 0 saturated heterocycles. The van der Waals surface area contributed by atoms with Crippen molar-refractivity contribution >= 4 is 12.0 Å². The van der Waals surface area contributed by atoms with Gasteiger partial charge in [0, 0.05) is 6.08 Å². The summed E-state index contributed by atoms with van der Waals surface area (Å²) in [6.07, 6.45) is -1.92. The Morgan fingerprint density at radius 3 is 2.43 bits per heavy atom. The average Bonchev–Trinajstić information content (AvgIpc) is 2.51. The van der Waals surface area contributed by atoms with Gasteiger partial charge in [0.25, 0.3) is 0 Å². The molecular formula is C17H13F3O3. The zero-order chi connectivity index (χ0) is 16.9. The van der Waals surface area contributed by atoms with Crippen LogP contribution in [0.4, 0.5) is 13.2 Å². The Hall–Kier alpha value is -2.76. The summed E-state index contributed by atoms with van der Waals surface area (Å²) in [5.41, 5.74) is 0.545. The second-order valence-electron chi connectivity index (χ2n) is 4.73. The summed E-state index contributed by atoms with van der Waals surface area (Å²) in [6, 6.07) is 11.5. The van der Waals surface area contributed by atoms with Crippen LogP contribution in [0.15, 0.2) is 54.6 Å². The molecule has 0 atom stereocenters. The van der Waals surface area contributed by atoms with E-state index < -0.39 is 17.7 Å². The first-order valence-electron chi connectivity index (χ1n) is 6.64. The fourth-order valence-corrected chi connectivity index (χ4v) is 1.83. The summed E-state index contributed by atoms with van der Waals surface area (Å²) in [6.45, 7) is 0.115. The van der Waals surface area contributed by atoms with E-state index in [1.807, 2.05) is 0 Å². The van der Waals surface area contributed by atoms with Gasteiger partial charge in [0.2, 0.25) is 0 Å². The lowest BCUT2D eigenvalue weighted by atomic mass is 10.1. The first-order chi connectivity index (χ1) is 10.8. The minimum atomic E-state index is -4.36. The Kier molecular flexibility index (Phi) is 5.05. The fraction of sp³-hybridized carbons (Fsp3) is 0.118. The molecule has 2 aromatic rings. The smallest absolute Gasteiger partial charge is 0.416 e. The molecule has 0 aliphatic rings. The lowest BCUT2D eigenvalue weighted by molar-refractivity contribution is -0.137. The number of carboxylic acids is 1. The molecule has 3 nitrogen and oxygen atoms in total. The number of aliphatic carboxylic acids is 1. The van der Waals surface area contributed by atoms with Crippen molar-refractivity contribution in [2.75, 3.05) is 0 Å². The maximum atomic E-state index is 12.5. The first kappa shape index (κ1) is 16.6. The summed E-state index contributed by atoms with van der Waals surface area (Å²) in [5, 5.41) is 8.58. The average molecular weight is 322 g/mol. The molecule has 0 amide bonds. The number of alkyl halides is 3. The highest BCUT2D eigenvalue weighted by Gasteiger charge is 2.29. The van der Waals surface area contributed by atoms with Gasteiger partial charge in [-0.2, -0.15) is 13.2 Å². The van der Waals surface area contributed by atoms with Gasteiger partial charge in [0.15, 0.2) is 0 Å². The van der Waals surface area contributed by atoms with Gasteiger partial charge in [-0.25, -0.2) is 4.79 Å². The number of hydrogen-bond acceptors (Lipinski definition) is 2. The summed E-state index contributed by atoms with van der Waals surface area (Å²) in [4.78, 5) is 10.5. The Labute approximate surface area is 130 Å². The zero-order valence-corrected chi connectivity index (χ0v) is 11.9. The first-order valence-corrected chi connectivity index (χ1v) is 6.64. The predicted molar refractivity (Wildman–Crippen MR) is 78.9 cm³/mol. The van der Waals surface area contributed by atoms with Gasteiger partial charge in [-0.15, -0.1) is 0 Å². The third-order valence-corrected chi connectivity index (χ3v) is 2.96. The molecule has 120 valence electrons. The molecule has 0 saturated carbocycles. The number of benzene rings is 2. The van der Waals surface area contributed by atoms with Gasteiger partial charge < -0.3 is 9.84 Å². The highest BCUT2D eigenvalue weighted by Crippen LogP contribution is 2.29. The normalized spacial score (nSPS) is 11.6. The molecule has 0 aliphatic heterocycles. The number of carboxylic acid groups (broad SMARTS) is 1. The quantitative estimate of drug-likeness (QED) is 0.831. The topological polar surface area (TPSA) is 46.5 Å². The molecule has 0 fully saturated rings. The third kappa shape index (κ3) is 5.18. The van der Waals surface area contributed by atoms with Crippen LogP contribution >= 0.6 is 0 Å². The lowest BCUT2D eigenvalue weighted by Gasteiger charge is -2.09. The molecule has 23 heavy (non-hydrogen) atoms. The molecule has 1 N–H and O–H groups in total. The van der Waals surface area contributed by atoms with Crippen molar-refractivity contribution in [3.05, 3.63) is 71.3 Å². The van der Waals surface area contributed by atoms with Crippen LogP contribution in [0.5, 0.6) is 5.75 Å². The monoisotopic (exact) mass is 322 g/mol. The predicted octanol–water partition coefficient (Wildman–Crippen LogP) is 4.38. The van der Waals surface area contributed by atoms with Crippen LogP contribution < -0.4 is 4.74 Å². The van der Waals surface area contributed by atoms with Crippen molar-refractivity contribution < 1.29 is 27.8 Å².